The van der Waals surface area contributed by atoms with Crippen molar-refractivity contribution in [3.63, 3.8) is 0 Å². The summed E-state index contributed by atoms with van der Waals surface area (Å²) in [5, 5.41) is 0.575. The molecule has 1 heterocycles. The van der Waals surface area contributed by atoms with Crippen LogP contribution in [0.4, 0.5) is 0 Å². The van der Waals surface area contributed by atoms with Gasteiger partial charge in [0.2, 0.25) is 0 Å². The molecule has 0 spiro atoms. The predicted octanol–water partition coefficient (Wildman–Crippen LogP) is 5.03. The van der Waals surface area contributed by atoms with Gasteiger partial charge in [-0.05, 0) is 18.6 Å². The number of benzene rings is 2. The molecule has 0 fully saturated rings. The van der Waals surface area contributed by atoms with E-state index in [2.05, 4.69) is 6.92 Å². The van der Waals surface area contributed by atoms with Gasteiger partial charge in [0.25, 0.3) is 0 Å². The van der Waals surface area contributed by atoms with Crippen LogP contribution in [0, 0.1) is 0 Å². The first-order chi connectivity index (χ1) is 11.3. The van der Waals surface area contributed by atoms with Crippen molar-refractivity contribution >= 4 is 11.0 Å². The fraction of sp³-hybridized carbons (Fsp3) is 0.250. The Balaban J connectivity index is 1.92. The second kappa shape index (κ2) is 7.14. The molecule has 0 aliphatic rings. The van der Waals surface area contributed by atoms with Crippen LogP contribution in [-0.4, -0.2) is 6.61 Å². The van der Waals surface area contributed by atoms with E-state index in [1.54, 1.807) is 18.2 Å². The van der Waals surface area contributed by atoms with Crippen molar-refractivity contribution in [2.24, 2.45) is 0 Å². The third-order valence-corrected chi connectivity index (χ3v) is 3.78. The van der Waals surface area contributed by atoms with E-state index < -0.39 is 0 Å². The van der Waals surface area contributed by atoms with Gasteiger partial charge in [-0.15, -0.1) is 0 Å². The number of ether oxygens (including phenoxy) is 1. The van der Waals surface area contributed by atoms with Crippen LogP contribution in [0.2, 0.25) is 0 Å². The monoisotopic (exact) mass is 308 g/mol. The van der Waals surface area contributed by atoms with E-state index in [4.69, 9.17) is 9.15 Å². The minimum absolute atomic E-state index is 0.0392. The SMILES string of the molecule is CCCCCOc1ccc2c(=O)cc(-c3ccccc3)oc2c1. The maximum atomic E-state index is 12.3. The number of hydrogen-bond acceptors (Lipinski definition) is 3. The van der Waals surface area contributed by atoms with Gasteiger partial charge in [-0.25, -0.2) is 0 Å². The third-order valence-electron chi connectivity index (χ3n) is 3.78. The molecule has 0 bridgehead atoms. The smallest absolute Gasteiger partial charge is 0.193 e. The van der Waals surface area contributed by atoms with Gasteiger partial charge in [0.15, 0.2) is 5.43 Å². The zero-order valence-corrected chi connectivity index (χ0v) is 13.2. The lowest BCUT2D eigenvalue weighted by Crippen LogP contribution is -2.01. The zero-order chi connectivity index (χ0) is 16.1. The largest absolute Gasteiger partial charge is 0.493 e. The molecule has 1 aromatic heterocycles. The average Bonchev–Trinajstić information content (AvgIpc) is 2.59. The molecule has 3 rings (SSSR count). The van der Waals surface area contributed by atoms with Gasteiger partial charge in [-0.3, -0.25) is 4.79 Å². The van der Waals surface area contributed by atoms with Gasteiger partial charge in [-0.2, -0.15) is 0 Å². The van der Waals surface area contributed by atoms with Crippen molar-refractivity contribution in [1.82, 2.24) is 0 Å². The predicted molar refractivity (Wildman–Crippen MR) is 92.9 cm³/mol. The van der Waals surface area contributed by atoms with Crippen molar-refractivity contribution in [3.05, 3.63) is 64.8 Å². The summed E-state index contributed by atoms with van der Waals surface area (Å²) < 4.78 is 11.7. The van der Waals surface area contributed by atoms with Crippen LogP contribution >= 0.6 is 0 Å². The molecule has 3 aromatic rings. The fourth-order valence-corrected chi connectivity index (χ4v) is 2.51. The second-order valence-electron chi connectivity index (χ2n) is 5.55. The number of fused-ring (bicyclic) bond motifs is 1. The van der Waals surface area contributed by atoms with E-state index in [0.29, 0.717) is 23.3 Å². The summed E-state index contributed by atoms with van der Waals surface area (Å²) in [4.78, 5) is 12.3. The molecule has 118 valence electrons. The first kappa shape index (κ1) is 15.3. The van der Waals surface area contributed by atoms with Crippen LogP contribution in [-0.2, 0) is 0 Å². The minimum Gasteiger partial charge on any atom is -0.493 e. The van der Waals surface area contributed by atoms with Gasteiger partial charge in [0, 0.05) is 17.7 Å². The van der Waals surface area contributed by atoms with E-state index in [1.807, 2.05) is 36.4 Å². The summed E-state index contributed by atoms with van der Waals surface area (Å²) in [6, 6.07) is 16.6. The van der Waals surface area contributed by atoms with Crippen LogP contribution in [0.3, 0.4) is 0 Å². The average molecular weight is 308 g/mol. The topological polar surface area (TPSA) is 39.4 Å². The quantitative estimate of drug-likeness (QED) is 0.600. The maximum absolute atomic E-state index is 12.3. The Bertz CT molecular complexity index is 834. The highest BCUT2D eigenvalue weighted by Crippen LogP contribution is 2.24. The fourth-order valence-electron chi connectivity index (χ4n) is 2.51. The van der Waals surface area contributed by atoms with E-state index in [0.717, 1.165) is 30.6 Å². The number of rotatable bonds is 6. The highest BCUT2D eigenvalue weighted by atomic mass is 16.5. The van der Waals surface area contributed by atoms with Gasteiger partial charge in [0.1, 0.15) is 17.1 Å². The minimum atomic E-state index is -0.0392. The molecule has 0 atom stereocenters. The molecule has 23 heavy (non-hydrogen) atoms. The second-order valence-corrected chi connectivity index (χ2v) is 5.55. The molecule has 0 radical (unpaired) electrons. The van der Waals surface area contributed by atoms with Crippen molar-refractivity contribution in [2.75, 3.05) is 6.61 Å². The summed E-state index contributed by atoms with van der Waals surface area (Å²) in [7, 11) is 0. The maximum Gasteiger partial charge on any atom is 0.193 e. The van der Waals surface area contributed by atoms with Crippen LogP contribution in [0.15, 0.2) is 63.8 Å². The molecular weight excluding hydrogens is 288 g/mol. The standard InChI is InChI=1S/C20H20O3/c1-2-3-7-12-22-16-10-11-17-18(21)14-19(23-20(17)13-16)15-8-5-4-6-9-15/h4-6,8-11,13-14H,2-3,7,12H2,1H3. The Kier molecular flexibility index (Phi) is 4.77. The highest BCUT2D eigenvalue weighted by molar-refractivity contribution is 5.80. The highest BCUT2D eigenvalue weighted by Gasteiger charge is 2.08. The number of unbranched alkanes of at least 4 members (excludes halogenated alkanes) is 2. The van der Waals surface area contributed by atoms with Gasteiger partial charge < -0.3 is 9.15 Å². The van der Waals surface area contributed by atoms with Gasteiger partial charge in [-0.1, -0.05) is 50.1 Å². The Hall–Kier alpha value is -2.55. The van der Waals surface area contributed by atoms with Crippen LogP contribution in [0.1, 0.15) is 26.2 Å². The van der Waals surface area contributed by atoms with Crippen LogP contribution < -0.4 is 10.2 Å². The molecule has 0 amide bonds. The first-order valence-corrected chi connectivity index (χ1v) is 8.04. The van der Waals surface area contributed by atoms with E-state index in [1.165, 1.54) is 0 Å². The summed E-state index contributed by atoms with van der Waals surface area (Å²) in [6.07, 6.45) is 3.35. The summed E-state index contributed by atoms with van der Waals surface area (Å²) in [5.41, 5.74) is 1.41. The Morgan fingerprint density at radius 3 is 2.61 bits per heavy atom. The molecule has 0 N–H and O–H groups in total. The molecular formula is C20H20O3. The lowest BCUT2D eigenvalue weighted by atomic mass is 10.1. The van der Waals surface area contributed by atoms with Crippen molar-refractivity contribution in [2.45, 2.75) is 26.2 Å². The third kappa shape index (κ3) is 3.62. The Labute approximate surface area is 135 Å². The molecule has 2 aromatic carbocycles. The lowest BCUT2D eigenvalue weighted by molar-refractivity contribution is 0.306. The van der Waals surface area contributed by atoms with Crippen molar-refractivity contribution in [3.8, 4) is 17.1 Å². The van der Waals surface area contributed by atoms with E-state index in [9.17, 15) is 4.79 Å². The first-order valence-electron chi connectivity index (χ1n) is 8.04. The van der Waals surface area contributed by atoms with Crippen LogP contribution in [0.25, 0.3) is 22.3 Å². The van der Waals surface area contributed by atoms with Crippen molar-refractivity contribution in [1.29, 1.82) is 0 Å². The summed E-state index contributed by atoms with van der Waals surface area (Å²) in [6.45, 7) is 2.84. The Morgan fingerprint density at radius 1 is 1.00 bits per heavy atom. The molecule has 0 unspecified atom stereocenters. The van der Waals surface area contributed by atoms with Gasteiger partial charge in [0.05, 0.1) is 12.0 Å². The van der Waals surface area contributed by atoms with E-state index >= 15 is 0 Å². The molecule has 3 heteroatoms. The molecule has 0 aliphatic heterocycles. The Morgan fingerprint density at radius 2 is 1.83 bits per heavy atom. The zero-order valence-electron chi connectivity index (χ0n) is 13.2. The lowest BCUT2D eigenvalue weighted by Gasteiger charge is -2.07. The van der Waals surface area contributed by atoms with E-state index in [-0.39, 0.29) is 5.43 Å². The molecule has 0 saturated heterocycles. The van der Waals surface area contributed by atoms with Gasteiger partial charge >= 0.3 is 0 Å². The molecule has 0 saturated carbocycles. The number of hydrogen-bond donors (Lipinski definition) is 0. The summed E-state index contributed by atoms with van der Waals surface area (Å²) >= 11 is 0. The normalized spacial score (nSPS) is 10.8. The summed E-state index contributed by atoms with van der Waals surface area (Å²) in [5.74, 6) is 1.31. The van der Waals surface area contributed by atoms with Crippen molar-refractivity contribution < 1.29 is 9.15 Å². The van der Waals surface area contributed by atoms with Crippen LogP contribution in [0.5, 0.6) is 5.75 Å². The molecule has 3 nitrogen and oxygen atoms in total. The molecule has 0 aliphatic carbocycles.